The van der Waals surface area contributed by atoms with Crippen molar-refractivity contribution >= 4 is 16.7 Å². The quantitative estimate of drug-likeness (QED) is 0.676. The van der Waals surface area contributed by atoms with E-state index in [1.807, 2.05) is 13.0 Å². The zero-order valence-electron chi connectivity index (χ0n) is 15.6. The Kier molecular flexibility index (Phi) is 6.84. The van der Waals surface area contributed by atoms with Crippen molar-refractivity contribution in [2.75, 3.05) is 33.0 Å². The number of nitrogens with zero attached hydrogens (tertiary/aromatic N) is 1. The molecular formula is C20H26N2O5. The van der Waals surface area contributed by atoms with Gasteiger partial charge in [-0.25, -0.2) is 0 Å². The van der Waals surface area contributed by atoms with Crippen molar-refractivity contribution in [2.45, 2.75) is 32.4 Å². The Morgan fingerprint density at radius 1 is 1.33 bits per heavy atom. The molecule has 1 fully saturated rings. The van der Waals surface area contributed by atoms with E-state index >= 15 is 0 Å². The molecule has 146 valence electrons. The fourth-order valence-corrected chi connectivity index (χ4v) is 3.13. The minimum absolute atomic E-state index is 0.0968. The number of rotatable bonds is 9. The molecule has 0 radical (unpaired) electrons. The molecule has 1 atom stereocenters. The largest absolute Gasteiger partial charge is 0.483 e. The topological polar surface area (TPSA) is 78.8 Å². The van der Waals surface area contributed by atoms with Crippen LogP contribution in [0.1, 0.15) is 19.8 Å². The summed E-state index contributed by atoms with van der Waals surface area (Å²) in [7, 11) is 0. The first-order chi connectivity index (χ1) is 13.2. The molecule has 7 heteroatoms. The minimum Gasteiger partial charge on any atom is -0.483 e. The molecule has 1 aromatic heterocycles. The first-order valence-corrected chi connectivity index (χ1v) is 9.40. The van der Waals surface area contributed by atoms with Crippen molar-refractivity contribution in [3.8, 4) is 5.75 Å². The highest BCUT2D eigenvalue weighted by atomic mass is 16.5. The standard InChI is InChI=1S/C20H26N2O5/c1-2-25-12-10-22-9-8-16-17(20(22)24)6-3-7-18(16)27-14-19(23)21-13-15-5-4-11-26-15/h3,6-9,15H,2,4-5,10-14H2,1H3,(H,21,23). The predicted octanol–water partition coefficient (Wildman–Crippen LogP) is 1.71. The normalized spacial score (nSPS) is 16.6. The summed E-state index contributed by atoms with van der Waals surface area (Å²) in [5.41, 5.74) is -0.0968. The zero-order chi connectivity index (χ0) is 19.1. The van der Waals surface area contributed by atoms with Crippen LogP contribution in [0, 0.1) is 0 Å². The smallest absolute Gasteiger partial charge is 0.258 e. The van der Waals surface area contributed by atoms with Gasteiger partial charge in [0.15, 0.2) is 6.61 Å². The number of carbonyl (C=O) groups excluding carboxylic acids is 1. The molecule has 0 spiro atoms. The third kappa shape index (κ3) is 5.08. The zero-order valence-corrected chi connectivity index (χ0v) is 15.6. The van der Waals surface area contributed by atoms with Crippen LogP contribution in [0.3, 0.4) is 0 Å². The molecule has 1 amide bonds. The lowest BCUT2D eigenvalue weighted by atomic mass is 10.1. The Labute approximate surface area is 158 Å². The Morgan fingerprint density at radius 3 is 3.00 bits per heavy atom. The summed E-state index contributed by atoms with van der Waals surface area (Å²) in [4.78, 5) is 24.6. The maximum absolute atomic E-state index is 12.6. The van der Waals surface area contributed by atoms with Crippen LogP contribution in [0.4, 0.5) is 0 Å². The molecule has 1 aromatic carbocycles. The first kappa shape index (κ1) is 19.4. The molecule has 1 saturated heterocycles. The average Bonchev–Trinajstić information content (AvgIpc) is 3.20. The van der Waals surface area contributed by atoms with Crippen molar-refractivity contribution in [1.29, 1.82) is 0 Å². The van der Waals surface area contributed by atoms with E-state index in [4.69, 9.17) is 14.2 Å². The second-order valence-electron chi connectivity index (χ2n) is 6.46. The van der Waals surface area contributed by atoms with Gasteiger partial charge < -0.3 is 24.1 Å². The van der Waals surface area contributed by atoms with E-state index in [2.05, 4.69) is 5.32 Å². The van der Waals surface area contributed by atoms with Crippen LogP contribution < -0.4 is 15.6 Å². The number of benzene rings is 1. The van der Waals surface area contributed by atoms with Crippen LogP contribution in [-0.2, 0) is 20.8 Å². The van der Waals surface area contributed by atoms with Crippen LogP contribution >= 0.6 is 0 Å². The van der Waals surface area contributed by atoms with E-state index in [1.165, 1.54) is 0 Å². The van der Waals surface area contributed by atoms with Gasteiger partial charge >= 0.3 is 0 Å². The van der Waals surface area contributed by atoms with Crippen molar-refractivity contribution in [1.82, 2.24) is 9.88 Å². The fraction of sp³-hybridized carbons (Fsp3) is 0.500. The molecular weight excluding hydrogens is 348 g/mol. The van der Waals surface area contributed by atoms with Gasteiger partial charge in [-0.05, 0) is 38.0 Å². The number of aromatic nitrogens is 1. The third-order valence-corrected chi connectivity index (χ3v) is 4.57. The number of hydrogen-bond donors (Lipinski definition) is 1. The molecule has 1 unspecified atom stereocenters. The van der Waals surface area contributed by atoms with Gasteiger partial charge in [0.2, 0.25) is 0 Å². The van der Waals surface area contributed by atoms with E-state index in [-0.39, 0.29) is 24.2 Å². The van der Waals surface area contributed by atoms with Crippen LogP contribution in [0.5, 0.6) is 5.75 Å². The number of carbonyl (C=O) groups is 1. The van der Waals surface area contributed by atoms with Gasteiger partial charge in [-0.3, -0.25) is 9.59 Å². The highest BCUT2D eigenvalue weighted by Crippen LogP contribution is 2.23. The van der Waals surface area contributed by atoms with E-state index < -0.39 is 0 Å². The molecule has 0 bridgehead atoms. The number of amides is 1. The molecule has 0 saturated carbocycles. The van der Waals surface area contributed by atoms with E-state index in [0.29, 0.717) is 42.8 Å². The van der Waals surface area contributed by atoms with E-state index in [0.717, 1.165) is 19.4 Å². The number of hydrogen-bond acceptors (Lipinski definition) is 5. The third-order valence-electron chi connectivity index (χ3n) is 4.57. The second-order valence-corrected chi connectivity index (χ2v) is 6.46. The maximum Gasteiger partial charge on any atom is 0.258 e. The molecule has 2 aromatic rings. The highest BCUT2D eigenvalue weighted by Gasteiger charge is 2.16. The molecule has 1 aliphatic heterocycles. The lowest BCUT2D eigenvalue weighted by Gasteiger charge is -2.13. The van der Waals surface area contributed by atoms with E-state index in [9.17, 15) is 9.59 Å². The van der Waals surface area contributed by atoms with Crippen LogP contribution in [0.15, 0.2) is 35.3 Å². The van der Waals surface area contributed by atoms with Gasteiger partial charge in [0.05, 0.1) is 18.1 Å². The maximum atomic E-state index is 12.6. The predicted molar refractivity (Wildman–Crippen MR) is 102 cm³/mol. The summed E-state index contributed by atoms with van der Waals surface area (Å²) < 4.78 is 18.1. The van der Waals surface area contributed by atoms with Crippen LogP contribution in [0.25, 0.3) is 10.8 Å². The lowest BCUT2D eigenvalue weighted by Crippen LogP contribution is -2.35. The molecule has 1 aliphatic rings. The van der Waals surface area contributed by atoms with Gasteiger partial charge in [0.1, 0.15) is 5.75 Å². The lowest BCUT2D eigenvalue weighted by molar-refractivity contribution is -0.123. The molecule has 3 rings (SSSR count). The Bertz CT molecular complexity index is 827. The summed E-state index contributed by atoms with van der Waals surface area (Å²) in [6, 6.07) is 7.12. The molecule has 27 heavy (non-hydrogen) atoms. The van der Waals surface area contributed by atoms with Crippen molar-refractivity contribution in [3.05, 3.63) is 40.8 Å². The summed E-state index contributed by atoms with van der Waals surface area (Å²) in [6.45, 7) is 4.69. The second kappa shape index (κ2) is 9.53. The van der Waals surface area contributed by atoms with Crippen LogP contribution in [-0.4, -0.2) is 49.6 Å². The summed E-state index contributed by atoms with van der Waals surface area (Å²) in [5, 5.41) is 4.08. The Balaban J connectivity index is 1.63. The SMILES string of the molecule is CCOCCn1ccc2c(OCC(=O)NCC3CCCO3)cccc2c1=O. The summed E-state index contributed by atoms with van der Waals surface area (Å²) in [6.07, 6.45) is 3.84. The Morgan fingerprint density at radius 2 is 2.22 bits per heavy atom. The summed E-state index contributed by atoms with van der Waals surface area (Å²) in [5.74, 6) is 0.321. The number of nitrogens with one attached hydrogen (secondary N) is 1. The van der Waals surface area contributed by atoms with Crippen molar-refractivity contribution in [2.24, 2.45) is 0 Å². The minimum atomic E-state index is -0.201. The molecule has 0 aliphatic carbocycles. The number of pyridine rings is 1. The highest BCUT2D eigenvalue weighted by molar-refractivity contribution is 5.88. The van der Waals surface area contributed by atoms with Gasteiger partial charge in [-0.2, -0.15) is 0 Å². The molecule has 1 N–H and O–H groups in total. The van der Waals surface area contributed by atoms with E-state index in [1.54, 1.807) is 29.0 Å². The molecule has 7 nitrogen and oxygen atoms in total. The summed E-state index contributed by atoms with van der Waals surface area (Å²) >= 11 is 0. The van der Waals surface area contributed by atoms with Gasteiger partial charge in [0.25, 0.3) is 11.5 Å². The monoisotopic (exact) mass is 374 g/mol. The first-order valence-electron chi connectivity index (χ1n) is 9.40. The average molecular weight is 374 g/mol. The van der Waals surface area contributed by atoms with Gasteiger partial charge in [-0.15, -0.1) is 0 Å². The van der Waals surface area contributed by atoms with Crippen molar-refractivity contribution in [3.63, 3.8) is 0 Å². The van der Waals surface area contributed by atoms with Gasteiger partial charge in [0, 0.05) is 37.9 Å². The van der Waals surface area contributed by atoms with Gasteiger partial charge in [-0.1, -0.05) is 6.07 Å². The Hall–Kier alpha value is -2.38. The fourth-order valence-electron chi connectivity index (χ4n) is 3.13. The number of fused-ring (bicyclic) bond motifs is 1. The van der Waals surface area contributed by atoms with Crippen molar-refractivity contribution < 1.29 is 19.0 Å². The molecule has 2 heterocycles. The van der Waals surface area contributed by atoms with Crippen LogP contribution in [0.2, 0.25) is 0 Å². The number of ether oxygens (including phenoxy) is 3.